The van der Waals surface area contributed by atoms with Crippen LogP contribution in [0.4, 0.5) is 5.69 Å². The van der Waals surface area contributed by atoms with E-state index < -0.39 is 5.91 Å². The van der Waals surface area contributed by atoms with Crippen LogP contribution < -0.4 is 11.5 Å². The summed E-state index contributed by atoms with van der Waals surface area (Å²) in [7, 11) is 0. The predicted octanol–water partition coefficient (Wildman–Crippen LogP) is 2.42. The number of anilines is 1. The third kappa shape index (κ3) is 2.45. The van der Waals surface area contributed by atoms with Gasteiger partial charge in [0.1, 0.15) is 4.88 Å². The first-order valence-electron chi connectivity index (χ1n) is 7.23. The summed E-state index contributed by atoms with van der Waals surface area (Å²) in [6.45, 7) is 3.51. The molecule has 2 aromatic heterocycles. The van der Waals surface area contributed by atoms with Gasteiger partial charge in [0.25, 0.3) is 5.91 Å². The molecule has 1 atom stereocenters. The third-order valence-electron chi connectivity index (χ3n) is 4.14. The Balaban J connectivity index is 2.29. The highest BCUT2D eigenvalue weighted by atomic mass is 32.1. The number of carbonyl (C=O) groups excluding carboxylic acids is 2. The Hall–Kier alpha value is -2.47. The largest absolute Gasteiger partial charge is 0.397 e. The van der Waals surface area contributed by atoms with Crippen molar-refractivity contribution in [3.8, 4) is 0 Å². The van der Waals surface area contributed by atoms with Gasteiger partial charge in [-0.15, -0.1) is 11.3 Å². The van der Waals surface area contributed by atoms with Crippen molar-refractivity contribution in [2.45, 2.75) is 26.2 Å². The molecule has 3 rings (SSSR count). The molecule has 2 heterocycles. The van der Waals surface area contributed by atoms with E-state index >= 15 is 0 Å². The lowest BCUT2D eigenvalue weighted by atomic mass is 9.76. The lowest BCUT2D eigenvalue weighted by Crippen LogP contribution is -2.20. The maximum atomic E-state index is 12.2. The number of hydrogen-bond donors (Lipinski definition) is 2. The Kier molecular flexibility index (Phi) is 3.77. The normalized spacial score (nSPS) is 17.0. The van der Waals surface area contributed by atoms with E-state index in [0.29, 0.717) is 17.0 Å². The molecule has 0 fully saturated rings. The van der Waals surface area contributed by atoms with Crippen molar-refractivity contribution in [3.05, 3.63) is 56.6 Å². The first-order valence-corrected chi connectivity index (χ1v) is 8.04. The number of thiophene rings is 1. The molecule has 0 spiro atoms. The Labute approximate surface area is 138 Å². The summed E-state index contributed by atoms with van der Waals surface area (Å²) in [5.41, 5.74) is 15.5. The number of rotatable bonds is 3. The average molecular weight is 327 g/mol. The van der Waals surface area contributed by atoms with Gasteiger partial charge in [0, 0.05) is 40.7 Å². The molecule has 118 valence electrons. The molecule has 2 aromatic rings. The highest BCUT2D eigenvalue weighted by molar-refractivity contribution is 7.15. The fraction of sp³-hybridized carbons (Fsp3) is 0.235. The Morgan fingerprint density at radius 1 is 1.39 bits per heavy atom. The molecule has 1 amide bonds. The van der Waals surface area contributed by atoms with Crippen LogP contribution in [0.15, 0.2) is 35.7 Å². The van der Waals surface area contributed by atoms with Gasteiger partial charge >= 0.3 is 0 Å². The highest BCUT2D eigenvalue weighted by Gasteiger charge is 2.35. The summed E-state index contributed by atoms with van der Waals surface area (Å²) < 4.78 is 0. The van der Waals surface area contributed by atoms with Crippen molar-refractivity contribution < 1.29 is 9.59 Å². The summed E-state index contributed by atoms with van der Waals surface area (Å²) in [6.07, 6.45) is 4.03. The van der Waals surface area contributed by atoms with Gasteiger partial charge in [-0.05, 0) is 25.5 Å². The van der Waals surface area contributed by atoms with Crippen molar-refractivity contribution >= 4 is 28.7 Å². The number of amides is 1. The lowest BCUT2D eigenvalue weighted by Gasteiger charge is -2.27. The number of primary amides is 1. The number of allylic oxidation sites excluding steroid dienone is 2. The van der Waals surface area contributed by atoms with Gasteiger partial charge < -0.3 is 11.5 Å². The van der Waals surface area contributed by atoms with Crippen molar-refractivity contribution in [3.63, 3.8) is 0 Å². The molecule has 1 unspecified atom stereocenters. The summed E-state index contributed by atoms with van der Waals surface area (Å²) in [4.78, 5) is 29.4. The van der Waals surface area contributed by atoms with Crippen LogP contribution in [0.25, 0.3) is 0 Å². The van der Waals surface area contributed by atoms with Gasteiger partial charge in [0.2, 0.25) is 0 Å². The number of fused-ring (bicyclic) bond motifs is 1. The second-order valence-electron chi connectivity index (χ2n) is 5.69. The fourth-order valence-electron chi connectivity index (χ4n) is 3.25. The zero-order valence-corrected chi connectivity index (χ0v) is 13.7. The van der Waals surface area contributed by atoms with Crippen LogP contribution in [0.3, 0.4) is 0 Å². The first-order chi connectivity index (χ1) is 10.9. The van der Waals surface area contributed by atoms with Crippen LogP contribution in [-0.2, 0) is 11.2 Å². The standard InChI is InChI=1S/C17H17N3O2S/c1-8-6-11-14(15(18)16(23-11)17(19)22)13(12(8)9(2)21)10-4-3-5-20-7-10/h3-5,7,13H,6,18H2,1-2H3,(H2,19,22). The molecule has 23 heavy (non-hydrogen) atoms. The van der Waals surface area contributed by atoms with Gasteiger partial charge in [-0.1, -0.05) is 11.6 Å². The van der Waals surface area contributed by atoms with Crippen LogP contribution in [0.1, 0.15) is 45.4 Å². The van der Waals surface area contributed by atoms with Crippen LogP contribution in [0.2, 0.25) is 0 Å². The maximum absolute atomic E-state index is 12.2. The minimum absolute atomic E-state index is 0.00762. The quantitative estimate of drug-likeness (QED) is 0.904. The smallest absolute Gasteiger partial charge is 0.260 e. The number of nitrogens with two attached hydrogens (primary N) is 2. The van der Waals surface area contributed by atoms with Crippen molar-refractivity contribution in [1.29, 1.82) is 0 Å². The van der Waals surface area contributed by atoms with E-state index in [-0.39, 0.29) is 11.7 Å². The van der Waals surface area contributed by atoms with E-state index in [0.717, 1.165) is 27.2 Å². The second-order valence-corrected chi connectivity index (χ2v) is 6.80. The van der Waals surface area contributed by atoms with E-state index in [1.165, 1.54) is 11.3 Å². The van der Waals surface area contributed by atoms with Gasteiger partial charge in [-0.25, -0.2) is 0 Å². The molecular formula is C17H17N3O2S. The van der Waals surface area contributed by atoms with Crippen LogP contribution >= 0.6 is 11.3 Å². The number of carbonyl (C=O) groups is 2. The van der Waals surface area contributed by atoms with E-state index in [2.05, 4.69) is 4.98 Å². The van der Waals surface area contributed by atoms with E-state index in [1.54, 1.807) is 19.3 Å². The number of nitrogens with zero attached hydrogens (tertiary/aromatic N) is 1. The summed E-state index contributed by atoms with van der Waals surface area (Å²) in [5.74, 6) is -0.823. The zero-order chi connectivity index (χ0) is 16.7. The lowest BCUT2D eigenvalue weighted by molar-refractivity contribution is -0.113. The van der Waals surface area contributed by atoms with Gasteiger partial charge in [-0.2, -0.15) is 0 Å². The van der Waals surface area contributed by atoms with Gasteiger partial charge in [0.15, 0.2) is 5.78 Å². The molecular weight excluding hydrogens is 310 g/mol. The van der Waals surface area contributed by atoms with Crippen LogP contribution in [0.5, 0.6) is 0 Å². The predicted molar refractivity (Wildman–Crippen MR) is 90.4 cm³/mol. The number of pyridine rings is 1. The number of aromatic nitrogens is 1. The zero-order valence-electron chi connectivity index (χ0n) is 12.9. The third-order valence-corrected chi connectivity index (χ3v) is 5.38. The summed E-state index contributed by atoms with van der Waals surface area (Å²) in [5, 5.41) is 0. The maximum Gasteiger partial charge on any atom is 0.260 e. The molecule has 0 saturated heterocycles. The Morgan fingerprint density at radius 2 is 2.13 bits per heavy atom. The minimum Gasteiger partial charge on any atom is -0.397 e. The van der Waals surface area contributed by atoms with Crippen molar-refractivity contribution in [1.82, 2.24) is 4.98 Å². The SMILES string of the molecule is CC(=O)C1=C(C)Cc2sc(C(N)=O)c(N)c2C1c1cccnc1. The summed E-state index contributed by atoms with van der Waals surface area (Å²) in [6, 6.07) is 3.75. The second kappa shape index (κ2) is 5.62. The molecule has 0 aliphatic heterocycles. The molecule has 4 N–H and O–H groups in total. The number of ketones is 1. The topological polar surface area (TPSA) is 99.1 Å². The van der Waals surface area contributed by atoms with Gasteiger partial charge in [-0.3, -0.25) is 14.6 Å². The van der Waals surface area contributed by atoms with E-state index in [4.69, 9.17) is 11.5 Å². The fourth-order valence-corrected chi connectivity index (χ4v) is 4.44. The van der Waals surface area contributed by atoms with Gasteiger partial charge in [0.05, 0.1) is 5.69 Å². The molecule has 1 aliphatic carbocycles. The monoisotopic (exact) mass is 327 g/mol. The number of nitrogen functional groups attached to an aromatic ring is 1. The molecule has 6 heteroatoms. The number of hydrogen-bond acceptors (Lipinski definition) is 5. The Bertz CT molecular complexity index is 837. The average Bonchev–Trinajstić information content (AvgIpc) is 2.83. The van der Waals surface area contributed by atoms with E-state index in [1.807, 2.05) is 19.1 Å². The Morgan fingerprint density at radius 3 is 2.70 bits per heavy atom. The summed E-state index contributed by atoms with van der Waals surface area (Å²) >= 11 is 1.32. The molecule has 0 aromatic carbocycles. The number of Topliss-reactive ketones (excluding diaryl/α,β-unsaturated/α-hetero) is 1. The highest BCUT2D eigenvalue weighted by Crippen LogP contribution is 2.47. The van der Waals surface area contributed by atoms with Crippen molar-refractivity contribution in [2.75, 3.05) is 5.73 Å². The van der Waals surface area contributed by atoms with Crippen molar-refractivity contribution in [2.24, 2.45) is 5.73 Å². The molecule has 0 bridgehead atoms. The van der Waals surface area contributed by atoms with Crippen LogP contribution in [0, 0.1) is 0 Å². The molecule has 0 radical (unpaired) electrons. The molecule has 0 saturated carbocycles. The first kappa shape index (κ1) is 15.4. The minimum atomic E-state index is -0.533. The van der Waals surface area contributed by atoms with Crippen LogP contribution in [-0.4, -0.2) is 16.7 Å². The molecule has 1 aliphatic rings. The van der Waals surface area contributed by atoms with E-state index in [9.17, 15) is 9.59 Å². The molecule has 5 nitrogen and oxygen atoms in total.